The predicted molar refractivity (Wildman–Crippen MR) is 109 cm³/mol. The zero-order valence-electron chi connectivity index (χ0n) is 16.8. The standard InChI is InChI=1S/C22H25F3N2O3/c1-2-3-12-30-18-7-4-16(5-8-18)21(28)26-19-15-17(22(23,24)25)6-9-20(19)27-10-13-29-14-11-27/h4-9,15H,2-3,10-14H2,1H3,(H,26,28). The van der Waals surface area contributed by atoms with Crippen LogP contribution in [-0.4, -0.2) is 38.8 Å². The van der Waals surface area contributed by atoms with Crippen LogP contribution in [0.25, 0.3) is 0 Å². The molecule has 1 aliphatic heterocycles. The fourth-order valence-corrected chi connectivity index (χ4v) is 3.12. The van der Waals surface area contributed by atoms with Crippen LogP contribution in [0.3, 0.4) is 0 Å². The molecule has 2 aromatic rings. The van der Waals surface area contributed by atoms with Crippen molar-refractivity contribution in [2.45, 2.75) is 25.9 Å². The third-order valence-corrected chi connectivity index (χ3v) is 4.81. The summed E-state index contributed by atoms with van der Waals surface area (Å²) in [6, 6.07) is 9.96. The minimum absolute atomic E-state index is 0.125. The summed E-state index contributed by atoms with van der Waals surface area (Å²) >= 11 is 0. The summed E-state index contributed by atoms with van der Waals surface area (Å²) in [6.07, 6.45) is -2.55. The van der Waals surface area contributed by atoms with Gasteiger partial charge in [-0.3, -0.25) is 4.79 Å². The molecule has 30 heavy (non-hydrogen) atoms. The fraction of sp³-hybridized carbons (Fsp3) is 0.409. The first-order valence-electron chi connectivity index (χ1n) is 9.96. The third-order valence-electron chi connectivity index (χ3n) is 4.81. The van der Waals surface area contributed by atoms with E-state index in [-0.39, 0.29) is 5.69 Å². The predicted octanol–water partition coefficient (Wildman–Crippen LogP) is 4.97. The van der Waals surface area contributed by atoms with E-state index in [0.29, 0.717) is 49.9 Å². The Kier molecular flexibility index (Phi) is 7.20. The zero-order chi connectivity index (χ0) is 21.6. The van der Waals surface area contributed by atoms with Crippen molar-refractivity contribution in [1.82, 2.24) is 0 Å². The van der Waals surface area contributed by atoms with Crippen molar-refractivity contribution in [2.24, 2.45) is 0 Å². The molecule has 1 aliphatic rings. The number of halogens is 3. The number of carbonyl (C=O) groups is 1. The van der Waals surface area contributed by atoms with Crippen molar-refractivity contribution >= 4 is 17.3 Å². The minimum atomic E-state index is -4.50. The molecule has 1 heterocycles. The van der Waals surface area contributed by atoms with Gasteiger partial charge in [-0.1, -0.05) is 13.3 Å². The molecular weight excluding hydrogens is 397 g/mol. The van der Waals surface area contributed by atoms with Gasteiger partial charge in [0, 0.05) is 18.7 Å². The molecule has 5 nitrogen and oxygen atoms in total. The van der Waals surface area contributed by atoms with E-state index in [1.54, 1.807) is 24.3 Å². The van der Waals surface area contributed by atoms with E-state index in [1.807, 2.05) is 4.90 Å². The lowest BCUT2D eigenvalue weighted by Gasteiger charge is -2.31. The van der Waals surface area contributed by atoms with Gasteiger partial charge in [-0.15, -0.1) is 0 Å². The molecule has 0 radical (unpaired) electrons. The van der Waals surface area contributed by atoms with E-state index in [9.17, 15) is 18.0 Å². The fourth-order valence-electron chi connectivity index (χ4n) is 3.12. The van der Waals surface area contributed by atoms with Gasteiger partial charge >= 0.3 is 6.18 Å². The Labute approximate surface area is 173 Å². The first-order valence-corrected chi connectivity index (χ1v) is 9.96. The number of nitrogens with one attached hydrogen (secondary N) is 1. The molecule has 162 valence electrons. The Balaban J connectivity index is 1.80. The number of ether oxygens (including phenoxy) is 2. The summed E-state index contributed by atoms with van der Waals surface area (Å²) < 4.78 is 50.5. The van der Waals surface area contributed by atoms with Crippen LogP contribution in [0.1, 0.15) is 35.7 Å². The Morgan fingerprint density at radius 1 is 1.13 bits per heavy atom. The Morgan fingerprint density at radius 3 is 2.47 bits per heavy atom. The van der Waals surface area contributed by atoms with Crippen LogP contribution < -0.4 is 15.0 Å². The molecule has 0 bridgehead atoms. The lowest BCUT2D eigenvalue weighted by molar-refractivity contribution is -0.137. The summed E-state index contributed by atoms with van der Waals surface area (Å²) in [7, 11) is 0. The molecule has 1 saturated heterocycles. The van der Waals surface area contributed by atoms with Gasteiger partial charge in [-0.2, -0.15) is 13.2 Å². The largest absolute Gasteiger partial charge is 0.494 e. The lowest BCUT2D eigenvalue weighted by atomic mass is 10.1. The van der Waals surface area contributed by atoms with Gasteiger partial charge in [0.25, 0.3) is 5.91 Å². The number of anilines is 2. The van der Waals surface area contributed by atoms with Crippen molar-refractivity contribution in [3.8, 4) is 5.75 Å². The van der Waals surface area contributed by atoms with Crippen LogP contribution in [0.4, 0.5) is 24.5 Å². The van der Waals surface area contributed by atoms with Gasteiger partial charge in [0.15, 0.2) is 0 Å². The van der Waals surface area contributed by atoms with Crippen LogP contribution in [0, 0.1) is 0 Å². The normalized spacial score (nSPS) is 14.5. The summed E-state index contributed by atoms with van der Waals surface area (Å²) in [6.45, 7) is 4.70. The van der Waals surface area contributed by atoms with Crippen LogP contribution in [0.5, 0.6) is 5.75 Å². The Hall–Kier alpha value is -2.74. The number of amides is 1. The number of rotatable bonds is 7. The molecule has 8 heteroatoms. The second-order valence-corrected chi connectivity index (χ2v) is 7.01. The van der Waals surface area contributed by atoms with Gasteiger partial charge in [0.2, 0.25) is 0 Å². The molecule has 1 N–H and O–H groups in total. The lowest BCUT2D eigenvalue weighted by Crippen LogP contribution is -2.36. The van der Waals surface area contributed by atoms with Crippen LogP contribution >= 0.6 is 0 Å². The molecule has 1 fully saturated rings. The number of carbonyl (C=O) groups excluding carboxylic acids is 1. The number of alkyl halides is 3. The van der Waals surface area contributed by atoms with Crippen molar-refractivity contribution in [2.75, 3.05) is 43.1 Å². The minimum Gasteiger partial charge on any atom is -0.494 e. The molecule has 1 amide bonds. The van der Waals surface area contributed by atoms with Gasteiger partial charge in [0.05, 0.1) is 36.8 Å². The van der Waals surface area contributed by atoms with Crippen molar-refractivity contribution in [3.05, 3.63) is 53.6 Å². The molecular formula is C22H25F3N2O3. The summed E-state index contributed by atoms with van der Waals surface area (Å²) in [5.74, 6) is 0.164. The number of hydrogen-bond acceptors (Lipinski definition) is 4. The number of morpholine rings is 1. The first kappa shape index (κ1) is 22.0. The highest BCUT2D eigenvalue weighted by atomic mass is 19.4. The number of hydrogen-bond donors (Lipinski definition) is 1. The molecule has 0 spiro atoms. The second-order valence-electron chi connectivity index (χ2n) is 7.01. The summed E-state index contributed by atoms with van der Waals surface area (Å²) in [5.41, 5.74) is 0.192. The molecule has 0 saturated carbocycles. The van der Waals surface area contributed by atoms with Crippen LogP contribution in [0.15, 0.2) is 42.5 Å². The van der Waals surface area contributed by atoms with Gasteiger partial charge in [-0.05, 0) is 48.9 Å². The second kappa shape index (κ2) is 9.84. The van der Waals surface area contributed by atoms with Gasteiger partial charge < -0.3 is 19.7 Å². The number of benzene rings is 2. The monoisotopic (exact) mass is 422 g/mol. The third kappa shape index (κ3) is 5.66. The first-order chi connectivity index (χ1) is 14.4. The highest BCUT2D eigenvalue weighted by Crippen LogP contribution is 2.36. The van der Waals surface area contributed by atoms with E-state index >= 15 is 0 Å². The van der Waals surface area contributed by atoms with E-state index < -0.39 is 17.6 Å². The SMILES string of the molecule is CCCCOc1ccc(C(=O)Nc2cc(C(F)(F)F)ccc2N2CCOCC2)cc1. The van der Waals surface area contributed by atoms with Gasteiger partial charge in [0.1, 0.15) is 5.75 Å². The average Bonchev–Trinajstić information content (AvgIpc) is 2.74. The topological polar surface area (TPSA) is 50.8 Å². The van der Waals surface area contributed by atoms with Crippen molar-refractivity contribution < 1.29 is 27.4 Å². The van der Waals surface area contributed by atoms with E-state index in [0.717, 1.165) is 25.0 Å². The number of unbranched alkanes of at least 4 members (excludes halogenated alkanes) is 1. The molecule has 0 aliphatic carbocycles. The summed E-state index contributed by atoms with van der Waals surface area (Å²) in [4.78, 5) is 14.6. The molecule has 0 aromatic heterocycles. The smallest absolute Gasteiger partial charge is 0.416 e. The number of nitrogens with zero attached hydrogens (tertiary/aromatic N) is 1. The van der Waals surface area contributed by atoms with Crippen molar-refractivity contribution in [3.63, 3.8) is 0 Å². The van der Waals surface area contributed by atoms with Crippen LogP contribution in [-0.2, 0) is 10.9 Å². The maximum atomic E-state index is 13.2. The Morgan fingerprint density at radius 2 is 1.83 bits per heavy atom. The molecule has 3 rings (SSSR count). The van der Waals surface area contributed by atoms with Gasteiger partial charge in [-0.25, -0.2) is 0 Å². The van der Waals surface area contributed by atoms with Crippen LogP contribution in [0.2, 0.25) is 0 Å². The van der Waals surface area contributed by atoms with E-state index in [2.05, 4.69) is 12.2 Å². The van der Waals surface area contributed by atoms with E-state index in [1.165, 1.54) is 6.07 Å². The average molecular weight is 422 g/mol. The molecule has 2 aromatic carbocycles. The molecule has 0 atom stereocenters. The van der Waals surface area contributed by atoms with E-state index in [4.69, 9.17) is 9.47 Å². The highest BCUT2D eigenvalue weighted by Gasteiger charge is 2.32. The maximum absolute atomic E-state index is 13.2. The highest BCUT2D eigenvalue weighted by molar-refractivity contribution is 6.06. The summed E-state index contributed by atoms with van der Waals surface area (Å²) in [5, 5.41) is 2.65. The molecule has 0 unspecified atom stereocenters. The van der Waals surface area contributed by atoms with Crippen molar-refractivity contribution in [1.29, 1.82) is 0 Å². The Bertz CT molecular complexity index is 848. The quantitative estimate of drug-likeness (QED) is 0.640. The maximum Gasteiger partial charge on any atom is 0.416 e. The zero-order valence-corrected chi connectivity index (χ0v) is 16.8.